The lowest BCUT2D eigenvalue weighted by Gasteiger charge is -2.41. The molecular formula is C15H26N2O. The summed E-state index contributed by atoms with van der Waals surface area (Å²) in [4.78, 5) is 14.5. The second-order valence-electron chi connectivity index (χ2n) is 6.50. The molecule has 1 aliphatic heterocycles. The van der Waals surface area contributed by atoms with Crippen molar-refractivity contribution < 1.29 is 4.79 Å². The van der Waals surface area contributed by atoms with Gasteiger partial charge in [0.2, 0.25) is 5.91 Å². The summed E-state index contributed by atoms with van der Waals surface area (Å²) >= 11 is 0. The Balaban J connectivity index is 1.75. The van der Waals surface area contributed by atoms with Gasteiger partial charge in [0.15, 0.2) is 0 Å². The van der Waals surface area contributed by atoms with Gasteiger partial charge in [-0.25, -0.2) is 0 Å². The Morgan fingerprint density at radius 2 is 1.72 bits per heavy atom. The molecule has 0 radical (unpaired) electrons. The normalized spacial score (nSPS) is 38.6. The van der Waals surface area contributed by atoms with Crippen LogP contribution in [0.2, 0.25) is 0 Å². The van der Waals surface area contributed by atoms with Gasteiger partial charge >= 0.3 is 0 Å². The third kappa shape index (κ3) is 2.18. The van der Waals surface area contributed by atoms with Gasteiger partial charge < -0.3 is 4.90 Å². The summed E-state index contributed by atoms with van der Waals surface area (Å²) in [5.41, 5.74) is 0. The molecule has 18 heavy (non-hydrogen) atoms. The smallest absolute Gasteiger partial charge is 0.238 e. The standard InChI is InChI=1S/C15H26N2O/c1-11-6-2-5-9-13(11)17-14(18)10-16-15(17)12-7-3-4-8-12/h11-13,15-16H,2-10H2,1H3. The maximum atomic E-state index is 12.2. The first-order valence-corrected chi connectivity index (χ1v) is 7.82. The molecule has 2 aliphatic carbocycles. The summed E-state index contributed by atoms with van der Waals surface area (Å²) < 4.78 is 0. The molecule has 3 nitrogen and oxygen atoms in total. The van der Waals surface area contributed by atoms with Crippen molar-refractivity contribution in [3.05, 3.63) is 0 Å². The van der Waals surface area contributed by atoms with E-state index < -0.39 is 0 Å². The van der Waals surface area contributed by atoms with Crippen LogP contribution in [-0.4, -0.2) is 29.6 Å². The van der Waals surface area contributed by atoms with Gasteiger partial charge in [0.1, 0.15) is 0 Å². The lowest BCUT2D eigenvalue weighted by molar-refractivity contribution is -0.133. The number of amides is 1. The van der Waals surface area contributed by atoms with Gasteiger partial charge in [-0.3, -0.25) is 10.1 Å². The number of hydrogen-bond donors (Lipinski definition) is 1. The van der Waals surface area contributed by atoms with Gasteiger partial charge in [-0.2, -0.15) is 0 Å². The van der Waals surface area contributed by atoms with Crippen LogP contribution in [-0.2, 0) is 4.79 Å². The van der Waals surface area contributed by atoms with E-state index in [4.69, 9.17) is 0 Å². The van der Waals surface area contributed by atoms with Crippen molar-refractivity contribution in [2.75, 3.05) is 6.54 Å². The Hall–Kier alpha value is -0.570. The highest BCUT2D eigenvalue weighted by Gasteiger charge is 2.42. The van der Waals surface area contributed by atoms with E-state index in [1.807, 2.05) is 0 Å². The zero-order chi connectivity index (χ0) is 12.5. The van der Waals surface area contributed by atoms with Crippen LogP contribution in [0.3, 0.4) is 0 Å². The molecule has 3 aliphatic rings. The van der Waals surface area contributed by atoms with E-state index in [0.717, 1.165) is 0 Å². The van der Waals surface area contributed by atoms with Crippen molar-refractivity contribution in [3.63, 3.8) is 0 Å². The number of hydrogen-bond acceptors (Lipinski definition) is 2. The molecule has 3 fully saturated rings. The van der Waals surface area contributed by atoms with Gasteiger partial charge in [-0.05, 0) is 37.5 Å². The number of carbonyl (C=O) groups excluding carboxylic acids is 1. The van der Waals surface area contributed by atoms with E-state index in [-0.39, 0.29) is 0 Å². The lowest BCUT2D eigenvalue weighted by Crippen LogP contribution is -2.51. The highest BCUT2D eigenvalue weighted by atomic mass is 16.2. The fraction of sp³-hybridized carbons (Fsp3) is 0.933. The molecule has 1 saturated heterocycles. The molecule has 0 aromatic heterocycles. The van der Waals surface area contributed by atoms with Crippen molar-refractivity contribution >= 4 is 5.91 Å². The van der Waals surface area contributed by atoms with E-state index in [1.54, 1.807) is 0 Å². The van der Waals surface area contributed by atoms with Crippen LogP contribution in [0.1, 0.15) is 58.3 Å². The van der Waals surface area contributed by atoms with Crippen molar-refractivity contribution in [2.24, 2.45) is 11.8 Å². The third-order valence-corrected chi connectivity index (χ3v) is 5.32. The number of nitrogens with one attached hydrogen (secondary N) is 1. The van der Waals surface area contributed by atoms with Crippen molar-refractivity contribution in [2.45, 2.75) is 70.5 Å². The Bertz CT molecular complexity index is 312. The zero-order valence-corrected chi connectivity index (χ0v) is 11.5. The Morgan fingerprint density at radius 3 is 2.44 bits per heavy atom. The van der Waals surface area contributed by atoms with Crippen LogP contribution >= 0.6 is 0 Å². The van der Waals surface area contributed by atoms with Crippen LogP contribution in [0.4, 0.5) is 0 Å². The molecule has 3 atom stereocenters. The number of rotatable bonds is 2. The van der Waals surface area contributed by atoms with Gasteiger partial charge in [0, 0.05) is 6.04 Å². The number of carbonyl (C=O) groups is 1. The van der Waals surface area contributed by atoms with E-state index in [0.29, 0.717) is 36.5 Å². The molecule has 102 valence electrons. The highest BCUT2D eigenvalue weighted by molar-refractivity contribution is 5.81. The van der Waals surface area contributed by atoms with Gasteiger partial charge in [0.05, 0.1) is 12.7 Å². The van der Waals surface area contributed by atoms with Crippen molar-refractivity contribution in [3.8, 4) is 0 Å². The third-order valence-electron chi connectivity index (χ3n) is 5.32. The second kappa shape index (κ2) is 5.20. The minimum absolute atomic E-state index is 0.352. The lowest BCUT2D eigenvalue weighted by atomic mass is 9.84. The molecule has 0 aromatic carbocycles. The molecule has 3 unspecified atom stereocenters. The Labute approximate surface area is 110 Å². The first-order chi connectivity index (χ1) is 8.77. The molecule has 2 saturated carbocycles. The van der Waals surface area contributed by atoms with Gasteiger partial charge in [-0.15, -0.1) is 0 Å². The van der Waals surface area contributed by atoms with E-state index in [9.17, 15) is 4.79 Å². The van der Waals surface area contributed by atoms with Gasteiger partial charge in [0.25, 0.3) is 0 Å². The molecule has 3 rings (SSSR count). The van der Waals surface area contributed by atoms with Crippen LogP contribution < -0.4 is 5.32 Å². The minimum atomic E-state index is 0.352. The summed E-state index contributed by atoms with van der Waals surface area (Å²) in [6.07, 6.45) is 10.8. The average Bonchev–Trinajstić information content (AvgIpc) is 2.99. The van der Waals surface area contributed by atoms with Gasteiger partial charge in [-0.1, -0.05) is 32.6 Å². The highest BCUT2D eigenvalue weighted by Crippen LogP contribution is 2.36. The number of nitrogens with zero attached hydrogens (tertiary/aromatic N) is 1. The molecule has 1 amide bonds. The topological polar surface area (TPSA) is 32.3 Å². The summed E-state index contributed by atoms with van der Waals surface area (Å²) in [5.74, 6) is 1.75. The average molecular weight is 250 g/mol. The maximum Gasteiger partial charge on any atom is 0.238 e. The van der Waals surface area contributed by atoms with Crippen molar-refractivity contribution in [1.82, 2.24) is 10.2 Å². The predicted molar refractivity (Wildman–Crippen MR) is 72.0 cm³/mol. The fourth-order valence-electron chi connectivity index (χ4n) is 4.30. The van der Waals surface area contributed by atoms with Crippen LogP contribution in [0, 0.1) is 11.8 Å². The van der Waals surface area contributed by atoms with Crippen LogP contribution in [0.5, 0.6) is 0 Å². The molecule has 3 heteroatoms. The minimum Gasteiger partial charge on any atom is -0.323 e. The maximum absolute atomic E-state index is 12.2. The Morgan fingerprint density at radius 1 is 1.06 bits per heavy atom. The molecule has 0 bridgehead atoms. The van der Waals surface area contributed by atoms with E-state index in [1.165, 1.54) is 51.4 Å². The van der Waals surface area contributed by atoms with E-state index >= 15 is 0 Å². The monoisotopic (exact) mass is 250 g/mol. The molecule has 0 aromatic rings. The largest absolute Gasteiger partial charge is 0.323 e. The molecular weight excluding hydrogens is 224 g/mol. The summed E-state index contributed by atoms with van der Waals surface area (Å²) in [6, 6.07) is 0.506. The summed E-state index contributed by atoms with van der Waals surface area (Å²) in [6.45, 7) is 2.91. The SMILES string of the molecule is CC1CCCCC1N1C(=O)CNC1C1CCCC1. The fourth-order valence-corrected chi connectivity index (χ4v) is 4.30. The predicted octanol–water partition coefficient (Wildman–Crippen LogP) is 2.51. The molecule has 0 spiro atoms. The summed E-state index contributed by atoms with van der Waals surface area (Å²) in [5, 5.41) is 3.49. The second-order valence-corrected chi connectivity index (χ2v) is 6.50. The summed E-state index contributed by atoms with van der Waals surface area (Å²) in [7, 11) is 0. The Kier molecular flexibility index (Phi) is 3.60. The van der Waals surface area contributed by atoms with Crippen LogP contribution in [0.25, 0.3) is 0 Å². The first kappa shape index (κ1) is 12.5. The molecule has 1 N–H and O–H groups in total. The van der Waals surface area contributed by atoms with E-state index in [2.05, 4.69) is 17.1 Å². The van der Waals surface area contributed by atoms with Crippen LogP contribution in [0.15, 0.2) is 0 Å². The quantitative estimate of drug-likeness (QED) is 0.816. The van der Waals surface area contributed by atoms with Crippen molar-refractivity contribution in [1.29, 1.82) is 0 Å². The molecule has 1 heterocycles. The zero-order valence-electron chi connectivity index (χ0n) is 11.5. The first-order valence-electron chi connectivity index (χ1n) is 7.82.